The fraction of sp³-hybridized carbons (Fsp3) is 0.0769. The number of hydrogen-bond donors (Lipinski definition) is 1. The first kappa shape index (κ1) is 11.0. The molecule has 2 aromatic rings. The van der Waals surface area contributed by atoms with E-state index in [-0.39, 0.29) is 11.4 Å². The zero-order chi connectivity index (χ0) is 12.3. The minimum Gasteiger partial charge on any atom is -0.508 e. The van der Waals surface area contributed by atoms with Gasteiger partial charge in [0.2, 0.25) is 0 Å². The number of aryl methyl sites for hydroxylation is 1. The van der Waals surface area contributed by atoms with Crippen molar-refractivity contribution in [3.05, 3.63) is 47.8 Å². The van der Waals surface area contributed by atoms with Crippen molar-refractivity contribution in [2.24, 2.45) is 0 Å². The Kier molecular flexibility index (Phi) is 2.93. The van der Waals surface area contributed by atoms with Crippen molar-refractivity contribution in [2.75, 3.05) is 0 Å². The standard InChI is InChI=1S/C13H10N2O2/c1-9-5-10(16)7-11(6-9)17-13-3-2-4-15-12(13)8-14/h2-7,16H,1H3. The van der Waals surface area contributed by atoms with E-state index in [2.05, 4.69) is 4.98 Å². The first-order valence-corrected chi connectivity index (χ1v) is 5.02. The molecule has 1 aromatic carbocycles. The fourth-order valence-corrected chi connectivity index (χ4v) is 1.47. The smallest absolute Gasteiger partial charge is 0.183 e. The Balaban J connectivity index is 2.35. The Morgan fingerprint density at radius 3 is 2.88 bits per heavy atom. The van der Waals surface area contributed by atoms with Gasteiger partial charge in [-0.1, -0.05) is 0 Å². The van der Waals surface area contributed by atoms with E-state index in [1.54, 1.807) is 24.3 Å². The number of benzene rings is 1. The third kappa shape index (κ3) is 2.52. The molecule has 2 rings (SSSR count). The lowest BCUT2D eigenvalue weighted by atomic mass is 10.2. The number of aromatic hydroxyl groups is 1. The van der Waals surface area contributed by atoms with Gasteiger partial charge in [0.05, 0.1) is 0 Å². The average molecular weight is 226 g/mol. The van der Waals surface area contributed by atoms with Crippen LogP contribution in [-0.4, -0.2) is 10.1 Å². The fourth-order valence-electron chi connectivity index (χ4n) is 1.47. The van der Waals surface area contributed by atoms with Crippen LogP contribution in [0.4, 0.5) is 0 Å². The van der Waals surface area contributed by atoms with E-state index in [0.717, 1.165) is 5.56 Å². The monoisotopic (exact) mass is 226 g/mol. The second-order valence-electron chi connectivity index (χ2n) is 3.57. The van der Waals surface area contributed by atoms with Gasteiger partial charge in [0, 0.05) is 12.3 Å². The highest BCUT2D eigenvalue weighted by Crippen LogP contribution is 2.27. The topological polar surface area (TPSA) is 66.1 Å². The molecular formula is C13H10N2O2. The van der Waals surface area contributed by atoms with Crippen LogP contribution in [0.3, 0.4) is 0 Å². The zero-order valence-electron chi connectivity index (χ0n) is 9.21. The molecule has 0 unspecified atom stereocenters. The molecule has 4 nitrogen and oxygen atoms in total. The van der Waals surface area contributed by atoms with Gasteiger partial charge >= 0.3 is 0 Å². The predicted molar refractivity (Wildman–Crippen MR) is 61.9 cm³/mol. The molecule has 0 aliphatic heterocycles. The maximum absolute atomic E-state index is 9.44. The molecule has 1 heterocycles. The summed E-state index contributed by atoms with van der Waals surface area (Å²) in [5, 5.41) is 18.3. The Morgan fingerprint density at radius 1 is 1.35 bits per heavy atom. The highest BCUT2D eigenvalue weighted by molar-refractivity contribution is 5.43. The van der Waals surface area contributed by atoms with E-state index in [1.807, 2.05) is 13.0 Å². The van der Waals surface area contributed by atoms with Crippen molar-refractivity contribution >= 4 is 0 Å². The molecule has 0 aliphatic rings. The van der Waals surface area contributed by atoms with E-state index >= 15 is 0 Å². The lowest BCUT2D eigenvalue weighted by Crippen LogP contribution is -1.90. The number of hydrogen-bond acceptors (Lipinski definition) is 4. The lowest BCUT2D eigenvalue weighted by Gasteiger charge is -2.07. The Bertz CT molecular complexity index is 568. The third-order valence-corrected chi connectivity index (χ3v) is 2.14. The largest absolute Gasteiger partial charge is 0.508 e. The summed E-state index contributed by atoms with van der Waals surface area (Å²) in [6, 6.07) is 10.2. The number of phenols is 1. The van der Waals surface area contributed by atoms with Crippen molar-refractivity contribution in [1.82, 2.24) is 4.98 Å². The summed E-state index contributed by atoms with van der Waals surface area (Å²) in [5.74, 6) is 0.981. The van der Waals surface area contributed by atoms with Gasteiger partial charge in [-0.2, -0.15) is 5.26 Å². The minimum absolute atomic E-state index is 0.127. The molecule has 0 amide bonds. The van der Waals surface area contributed by atoms with Crippen molar-refractivity contribution in [1.29, 1.82) is 5.26 Å². The van der Waals surface area contributed by atoms with Crippen LogP contribution in [-0.2, 0) is 0 Å². The molecule has 84 valence electrons. The minimum atomic E-state index is 0.127. The normalized spacial score (nSPS) is 9.65. The van der Waals surface area contributed by atoms with E-state index in [0.29, 0.717) is 11.5 Å². The molecule has 0 aliphatic carbocycles. The molecule has 0 bridgehead atoms. The predicted octanol–water partition coefficient (Wildman–Crippen LogP) is 2.76. The van der Waals surface area contributed by atoms with Gasteiger partial charge in [0.25, 0.3) is 0 Å². The van der Waals surface area contributed by atoms with Gasteiger partial charge in [-0.05, 0) is 36.8 Å². The van der Waals surface area contributed by atoms with Crippen LogP contribution in [0.15, 0.2) is 36.5 Å². The Labute approximate surface area is 98.7 Å². The molecule has 4 heteroatoms. The number of aromatic nitrogens is 1. The number of ether oxygens (including phenoxy) is 1. The number of rotatable bonds is 2. The molecule has 0 radical (unpaired) electrons. The van der Waals surface area contributed by atoms with Gasteiger partial charge in [0.1, 0.15) is 17.6 Å². The zero-order valence-corrected chi connectivity index (χ0v) is 9.21. The second-order valence-corrected chi connectivity index (χ2v) is 3.57. The van der Waals surface area contributed by atoms with E-state index in [1.165, 1.54) is 12.3 Å². The molecule has 0 saturated carbocycles. The second kappa shape index (κ2) is 4.54. The van der Waals surface area contributed by atoms with Crippen LogP contribution in [0, 0.1) is 18.3 Å². The molecule has 1 N–H and O–H groups in total. The number of phenolic OH excluding ortho intramolecular Hbond substituents is 1. The molecule has 0 spiro atoms. The van der Waals surface area contributed by atoms with Gasteiger partial charge < -0.3 is 9.84 Å². The maximum Gasteiger partial charge on any atom is 0.183 e. The number of nitrogens with zero attached hydrogens (tertiary/aromatic N) is 2. The van der Waals surface area contributed by atoms with E-state index in [9.17, 15) is 5.11 Å². The molecule has 17 heavy (non-hydrogen) atoms. The quantitative estimate of drug-likeness (QED) is 0.855. The summed E-state index contributed by atoms with van der Waals surface area (Å²) in [4.78, 5) is 3.89. The van der Waals surface area contributed by atoms with Crippen molar-refractivity contribution in [2.45, 2.75) is 6.92 Å². The van der Waals surface area contributed by atoms with Crippen LogP contribution in [0.25, 0.3) is 0 Å². The van der Waals surface area contributed by atoms with Crippen molar-refractivity contribution < 1.29 is 9.84 Å². The summed E-state index contributed by atoms with van der Waals surface area (Å²) in [5.41, 5.74) is 1.09. The Morgan fingerprint density at radius 2 is 2.18 bits per heavy atom. The van der Waals surface area contributed by atoms with Gasteiger partial charge in [-0.25, -0.2) is 4.98 Å². The van der Waals surface area contributed by atoms with E-state index < -0.39 is 0 Å². The molecule has 0 saturated heterocycles. The molecule has 1 aromatic heterocycles. The van der Waals surface area contributed by atoms with Crippen LogP contribution < -0.4 is 4.74 Å². The van der Waals surface area contributed by atoms with Crippen LogP contribution in [0.5, 0.6) is 17.2 Å². The third-order valence-electron chi connectivity index (χ3n) is 2.14. The van der Waals surface area contributed by atoms with Gasteiger partial charge in [-0.3, -0.25) is 0 Å². The summed E-state index contributed by atoms with van der Waals surface area (Å²) in [6.07, 6.45) is 1.53. The highest BCUT2D eigenvalue weighted by atomic mass is 16.5. The first-order chi connectivity index (χ1) is 8.19. The summed E-state index contributed by atoms with van der Waals surface area (Å²) in [7, 11) is 0. The average Bonchev–Trinajstić information content (AvgIpc) is 2.28. The van der Waals surface area contributed by atoms with Crippen LogP contribution in [0.1, 0.15) is 11.3 Å². The summed E-state index contributed by atoms with van der Waals surface area (Å²) in [6.45, 7) is 1.85. The molecule has 0 fully saturated rings. The lowest BCUT2D eigenvalue weighted by molar-refractivity contribution is 0.453. The number of pyridine rings is 1. The Hall–Kier alpha value is -2.54. The van der Waals surface area contributed by atoms with Gasteiger partial charge in [-0.15, -0.1) is 0 Å². The highest BCUT2D eigenvalue weighted by Gasteiger charge is 2.06. The van der Waals surface area contributed by atoms with Crippen LogP contribution >= 0.6 is 0 Å². The van der Waals surface area contributed by atoms with Crippen molar-refractivity contribution in [3.63, 3.8) is 0 Å². The maximum atomic E-state index is 9.44. The molecular weight excluding hydrogens is 216 g/mol. The SMILES string of the molecule is Cc1cc(O)cc(Oc2cccnc2C#N)c1. The number of nitriles is 1. The van der Waals surface area contributed by atoms with E-state index in [4.69, 9.17) is 10.00 Å². The van der Waals surface area contributed by atoms with Gasteiger partial charge in [0.15, 0.2) is 11.4 Å². The first-order valence-electron chi connectivity index (χ1n) is 5.02. The molecule has 0 atom stereocenters. The van der Waals surface area contributed by atoms with Crippen molar-refractivity contribution in [3.8, 4) is 23.3 Å². The summed E-state index contributed by atoms with van der Waals surface area (Å²) >= 11 is 0. The van der Waals surface area contributed by atoms with Crippen LogP contribution in [0.2, 0.25) is 0 Å². The summed E-state index contributed by atoms with van der Waals surface area (Å²) < 4.78 is 5.52.